The van der Waals surface area contributed by atoms with Gasteiger partial charge in [-0.1, -0.05) is 32.1 Å². The Kier molecular flexibility index (Phi) is 2.36. The van der Waals surface area contributed by atoms with Crippen LogP contribution in [0.1, 0.15) is 27.7 Å². The molecule has 73 valence electrons. The van der Waals surface area contributed by atoms with Crippen molar-refractivity contribution in [2.75, 3.05) is 0 Å². The van der Waals surface area contributed by atoms with Crippen molar-refractivity contribution in [1.29, 1.82) is 0 Å². The maximum Gasteiger partial charge on any atom is 0.0605 e. The largest absolute Gasteiger partial charge is 0.0686 e. The van der Waals surface area contributed by atoms with Crippen LogP contribution in [0.4, 0.5) is 0 Å². The molecule has 0 spiro atoms. The van der Waals surface area contributed by atoms with Crippen molar-refractivity contribution >= 4 is 8.07 Å². The van der Waals surface area contributed by atoms with E-state index in [1.54, 1.807) is 5.57 Å². The van der Waals surface area contributed by atoms with E-state index in [0.29, 0.717) is 0 Å². The van der Waals surface area contributed by atoms with Gasteiger partial charge in [0.15, 0.2) is 0 Å². The van der Waals surface area contributed by atoms with Crippen LogP contribution in [0, 0.1) is 6.08 Å². The summed E-state index contributed by atoms with van der Waals surface area (Å²) in [7, 11) is -1.18. The summed E-state index contributed by atoms with van der Waals surface area (Å²) in [6, 6.07) is 0. The zero-order chi connectivity index (χ0) is 10.4. The van der Waals surface area contributed by atoms with Crippen LogP contribution in [-0.2, 0) is 0 Å². The standard InChI is InChI=1S/C12H21Si/c1-9-8-12(4,13(5,6)7)11(3)10(9)2/h1-7H3. The van der Waals surface area contributed by atoms with Gasteiger partial charge in [-0.05, 0) is 38.0 Å². The lowest BCUT2D eigenvalue weighted by atomic mass is 10.0. The summed E-state index contributed by atoms with van der Waals surface area (Å²) < 4.78 is 0. The predicted octanol–water partition coefficient (Wildman–Crippen LogP) is 4.18. The smallest absolute Gasteiger partial charge is 0.0605 e. The second kappa shape index (κ2) is 2.84. The Morgan fingerprint density at radius 3 is 1.69 bits per heavy atom. The minimum Gasteiger partial charge on any atom is -0.0686 e. The van der Waals surface area contributed by atoms with E-state index >= 15 is 0 Å². The van der Waals surface area contributed by atoms with Crippen molar-refractivity contribution in [2.24, 2.45) is 0 Å². The Balaban J connectivity index is 3.25. The molecule has 13 heavy (non-hydrogen) atoms. The first kappa shape index (κ1) is 10.8. The van der Waals surface area contributed by atoms with Gasteiger partial charge in [-0.3, -0.25) is 0 Å². The Morgan fingerprint density at radius 1 is 1.08 bits per heavy atom. The van der Waals surface area contributed by atoms with Crippen LogP contribution in [0.2, 0.25) is 24.7 Å². The molecular weight excluding hydrogens is 172 g/mol. The van der Waals surface area contributed by atoms with Crippen molar-refractivity contribution in [3.8, 4) is 0 Å². The second-order valence-corrected chi connectivity index (χ2v) is 10.9. The lowest BCUT2D eigenvalue weighted by Crippen LogP contribution is -2.36. The molecule has 1 rings (SSSR count). The second-order valence-electron chi connectivity index (χ2n) is 5.38. The summed E-state index contributed by atoms with van der Waals surface area (Å²) in [6.07, 6.45) is 3.67. The first-order valence-corrected chi connectivity index (χ1v) is 8.50. The number of rotatable bonds is 1. The van der Waals surface area contributed by atoms with Gasteiger partial charge in [-0.2, -0.15) is 0 Å². The molecule has 1 unspecified atom stereocenters. The van der Waals surface area contributed by atoms with Gasteiger partial charge in [-0.15, -0.1) is 0 Å². The Morgan fingerprint density at radius 2 is 1.54 bits per heavy atom. The topological polar surface area (TPSA) is 0 Å². The van der Waals surface area contributed by atoms with Crippen LogP contribution in [0.3, 0.4) is 0 Å². The quantitative estimate of drug-likeness (QED) is 0.548. The zero-order valence-electron chi connectivity index (χ0n) is 10.0. The fourth-order valence-corrected chi connectivity index (χ4v) is 3.84. The fourth-order valence-electron chi connectivity index (χ4n) is 1.97. The third-order valence-electron chi connectivity index (χ3n) is 3.81. The van der Waals surface area contributed by atoms with E-state index < -0.39 is 8.07 Å². The highest BCUT2D eigenvalue weighted by molar-refractivity contribution is 6.80. The normalized spacial score (nSPS) is 29.6. The van der Waals surface area contributed by atoms with Gasteiger partial charge >= 0.3 is 0 Å². The van der Waals surface area contributed by atoms with Gasteiger partial charge in [0.05, 0.1) is 8.07 Å². The van der Waals surface area contributed by atoms with Crippen LogP contribution in [-0.4, -0.2) is 8.07 Å². The van der Waals surface area contributed by atoms with Gasteiger partial charge in [0.1, 0.15) is 0 Å². The average Bonchev–Trinajstić information content (AvgIpc) is 2.15. The first-order chi connectivity index (χ1) is 5.70. The molecular formula is C12H21Si. The molecule has 0 saturated carbocycles. The minimum atomic E-state index is -1.18. The van der Waals surface area contributed by atoms with Crippen LogP contribution in [0.15, 0.2) is 16.7 Å². The molecule has 0 saturated heterocycles. The van der Waals surface area contributed by atoms with Gasteiger partial charge in [-0.25, -0.2) is 0 Å². The minimum absolute atomic E-state index is 0.265. The Labute approximate surface area is 83.7 Å². The molecule has 0 amide bonds. The number of allylic oxidation sites excluding steroid dienone is 4. The molecule has 0 heterocycles. The maximum absolute atomic E-state index is 3.67. The van der Waals surface area contributed by atoms with E-state index in [4.69, 9.17) is 0 Å². The molecule has 1 atom stereocenters. The average molecular weight is 193 g/mol. The highest BCUT2D eigenvalue weighted by atomic mass is 28.3. The summed E-state index contributed by atoms with van der Waals surface area (Å²) in [5.41, 5.74) is 4.37. The van der Waals surface area contributed by atoms with E-state index in [1.165, 1.54) is 11.1 Å². The third kappa shape index (κ3) is 1.43. The molecule has 1 aliphatic rings. The molecule has 0 aliphatic heterocycles. The summed E-state index contributed by atoms with van der Waals surface area (Å²) in [5.74, 6) is 0. The summed E-state index contributed by atoms with van der Waals surface area (Å²) in [4.78, 5) is 0. The van der Waals surface area contributed by atoms with Crippen LogP contribution < -0.4 is 0 Å². The van der Waals surface area contributed by atoms with Gasteiger partial charge in [0.25, 0.3) is 0 Å². The van der Waals surface area contributed by atoms with Gasteiger partial charge in [0.2, 0.25) is 0 Å². The molecule has 0 bridgehead atoms. The molecule has 0 aromatic rings. The van der Waals surface area contributed by atoms with E-state index in [9.17, 15) is 0 Å². The van der Waals surface area contributed by atoms with Crippen molar-refractivity contribution in [3.05, 3.63) is 22.8 Å². The SMILES string of the molecule is CC1=[C]C(C)([Si](C)(C)C)C(C)=C1C. The Bertz CT molecular complexity index is 289. The molecule has 0 aromatic heterocycles. The summed E-state index contributed by atoms with van der Waals surface area (Å²) >= 11 is 0. The fraction of sp³-hybridized carbons (Fsp3) is 0.667. The molecule has 1 heteroatoms. The van der Waals surface area contributed by atoms with E-state index in [2.05, 4.69) is 53.4 Å². The van der Waals surface area contributed by atoms with Crippen LogP contribution in [0.5, 0.6) is 0 Å². The predicted molar refractivity (Wildman–Crippen MR) is 62.5 cm³/mol. The van der Waals surface area contributed by atoms with Crippen molar-refractivity contribution in [1.82, 2.24) is 0 Å². The summed E-state index contributed by atoms with van der Waals surface area (Å²) in [6.45, 7) is 16.3. The molecule has 0 N–H and O–H groups in total. The molecule has 0 nitrogen and oxygen atoms in total. The van der Waals surface area contributed by atoms with Crippen molar-refractivity contribution in [3.63, 3.8) is 0 Å². The highest BCUT2D eigenvalue weighted by Crippen LogP contribution is 2.52. The lowest BCUT2D eigenvalue weighted by Gasteiger charge is -2.37. The van der Waals surface area contributed by atoms with Crippen LogP contribution in [0.25, 0.3) is 0 Å². The maximum atomic E-state index is 3.67. The number of hydrogen-bond donors (Lipinski definition) is 0. The molecule has 0 aromatic carbocycles. The van der Waals surface area contributed by atoms with Gasteiger partial charge < -0.3 is 0 Å². The zero-order valence-corrected chi connectivity index (χ0v) is 11.0. The van der Waals surface area contributed by atoms with E-state index in [0.717, 1.165) is 0 Å². The van der Waals surface area contributed by atoms with E-state index in [1.807, 2.05) is 0 Å². The molecule has 1 aliphatic carbocycles. The monoisotopic (exact) mass is 193 g/mol. The van der Waals surface area contributed by atoms with E-state index in [-0.39, 0.29) is 5.04 Å². The van der Waals surface area contributed by atoms with Crippen LogP contribution >= 0.6 is 0 Å². The lowest BCUT2D eigenvalue weighted by molar-refractivity contribution is 0.830. The molecule has 1 radical (unpaired) electrons. The van der Waals surface area contributed by atoms with Crippen molar-refractivity contribution in [2.45, 2.75) is 52.4 Å². The summed E-state index contributed by atoms with van der Waals surface area (Å²) in [5, 5.41) is 0.265. The molecule has 0 fully saturated rings. The van der Waals surface area contributed by atoms with Crippen molar-refractivity contribution < 1.29 is 0 Å². The number of hydrogen-bond acceptors (Lipinski definition) is 0. The Hall–Kier alpha value is -0.303. The third-order valence-corrected chi connectivity index (χ3v) is 7.31. The first-order valence-electron chi connectivity index (χ1n) is 5.00. The van der Waals surface area contributed by atoms with Gasteiger partial charge in [0, 0.05) is 5.04 Å². The highest BCUT2D eigenvalue weighted by Gasteiger charge is 2.42.